The zero-order chi connectivity index (χ0) is 7.28. The maximum Gasteiger partial charge on any atom is 0.226 e. The van der Waals surface area contributed by atoms with E-state index in [1.165, 1.54) is 0 Å². The molecule has 0 saturated heterocycles. The van der Waals surface area contributed by atoms with E-state index in [-0.39, 0.29) is 0 Å². The molecule has 0 aliphatic heterocycles. The SMILES string of the molecule is O=C([SiH2]O[SiH3])C(F)CF. The van der Waals surface area contributed by atoms with E-state index < -0.39 is 28.0 Å². The van der Waals surface area contributed by atoms with Crippen LogP contribution in [0.1, 0.15) is 0 Å². The maximum atomic E-state index is 12.0. The van der Waals surface area contributed by atoms with Gasteiger partial charge in [-0.15, -0.1) is 0 Å². The van der Waals surface area contributed by atoms with Crippen LogP contribution >= 0.6 is 0 Å². The van der Waals surface area contributed by atoms with E-state index in [9.17, 15) is 13.6 Å². The minimum atomic E-state index is -1.93. The summed E-state index contributed by atoms with van der Waals surface area (Å²) in [7, 11) is -0.968. The van der Waals surface area contributed by atoms with Crippen LogP contribution in [0, 0.1) is 0 Å². The summed E-state index contributed by atoms with van der Waals surface area (Å²) in [5.41, 5.74) is 0. The normalized spacial score (nSPS) is 14.9. The van der Waals surface area contributed by atoms with Crippen molar-refractivity contribution in [3.8, 4) is 0 Å². The van der Waals surface area contributed by atoms with Crippen LogP contribution in [0.5, 0.6) is 0 Å². The predicted molar refractivity (Wildman–Crippen MR) is 35.4 cm³/mol. The molecule has 0 aliphatic rings. The lowest BCUT2D eigenvalue weighted by Gasteiger charge is -1.98. The number of halogens is 2. The highest BCUT2D eigenvalue weighted by atomic mass is 28.3. The quantitative estimate of drug-likeness (QED) is 0.465. The van der Waals surface area contributed by atoms with E-state index in [1.807, 2.05) is 0 Å². The Kier molecular flexibility index (Phi) is 4.73. The largest absolute Gasteiger partial charge is 0.463 e. The molecule has 0 N–H and O–H groups in total. The van der Waals surface area contributed by atoms with E-state index in [1.54, 1.807) is 0 Å². The van der Waals surface area contributed by atoms with Gasteiger partial charge in [0.05, 0.1) is 0 Å². The number of rotatable bonds is 4. The molecule has 0 fully saturated rings. The molecule has 1 atom stereocenters. The Morgan fingerprint density at radius 2 is 2.44 bits per heavy atom. The van der Waals surface area contributed by atoms with Crippen molar-refractivity contribution in [3.63, 3.8) is 0 Å². The molecule has 0 aromatic carbocycles. The minimum absolute atomic E-state index is 0.437. The third kappa shape index (κ3) is 3.49. The van der Waals surface area contributed by atoms with Crippen LogP contribution < -0.4 is 0 Å². The van der Waals surface area contributed by atoms with Crippen molar-refractivity contribution < 1.29 is 17.7 Å². The molecule has 0 aromatic heterocycles. The summed E-state index contributed by atoms with van der Waals surface area (Å²) in [4.78, 5) is 10.3. The van der Waals surface area contributed by atoms with Gasteiger partial charge in [-0.1, -0.05) is 0 Å². The first-order chi connectivity index (χ1) is 4.22. The van der Waals surface area contributed by atoms with E-state index in [0.717, 1.165) is 0 Å². The van der Waals surface area contributed by atoms with Gasteiger partial charge in [0.1, 0.15) is 17.2 Å². The van der Waals surface area contributed by atoms with Gasteiger partial charge in [-0.3, -0.25) is 4.79 Å². The Morgan fingerprint density at radius 3 is 2.78 bits per heavy atom. The third-order valence-corrected chi connectivity index (χ3v) is 2.65. The highest BCUT2D eigenvalue weighted by Gasteiger charge is 2.15. The number of carbonyl (C=O) groups is 1. The Balaban J connectivity index is 3.46. The molecule has 0 aromatic rings. The standard InChI is InChI=1S/C3H8F2O2Si2/c4-1-2(5)3(6)9-7-8/h2H,1,9H2,8H3. The van der Waals surface area contributed by atoms with Crippen molar-refractivity contribution in [1.82, 2.24) is 0 Å². The molecule has 54 valence electrons. The molecule has 0 heterocycles. The second kappa shape index (κ2) is 4.77. The highest BCUT2D eigenvalue weighted by Crippen LogP contribution is 1.91. The third-order valence-electron chi connectivity index (χ3n) is 0.771. The topological polar surface area (TPSA) is 26.3 Å². The van der Waals surface area contributed by atoms with Gasteiger partial charge < -0.3 is 4.12 Å². The average molecular weight is 170 g/mol. The summed E-state index contributed by atoms with van der Waals surface area (Å²) in [5.74, 6) is 0. The molecule has 0 rings (SSSR count). The van der Waals surface area contributed by atoms with Crippen LogP contribution in [0.25, 0.3) is 0 Å². The maximum absolute atomic E-state index is 12.0. The monoisotopic (exact) mass is 170 g/mol. The van der Waals surface area contributed by atoms with Gasteiger partial charge in [-0.25, -0.2) is 8.78 Å². The second-order valence-corrected chi connectivity index (χ2v) is 4.82. The molecular weight excluding hydrogens is 162 g/mol. The lowest BCUT2D eigenvalue weighted by molar-refractivity contribution is -0.117. The van der Waals surface area contributed by atoms with Crippen molar-refractivity contribution in [1.29, 1.82) is 0 Å². The fourth-order valence-electron chi connectivity index (χ4n) is 0.319. The number of hydrogen-bond donors (Lipinski definition) is 0. The van der Waals surface area contributed by atoms with E-state index in [2.05, 4.69) is 4.12 Å². The van der Waals surface area contributed by atoms with Crippen LogP contribution in [0.2, 0.25) is 0 Å². The molecule has 6 heteroatoms. The van der Waals surface area contributed by atoms with E-state index in [4.69, 9.17) is 0 Å². The Morgan fingerprint density at radius 1 is 1.89 bits per heavy atom. The smallest absolute Gasteiger partial charge is 0.226 e. The number of hydrogen-bond acceptors (Lipinski definition) is 2. The van der Waals surface area contributed by atoms with Crippen molar-refractivity contribution in [2.24, 2.45) is 0 Å². The van der Waals surface area contributed by atoms with E-state index >= 15 is 0 Å². The first-order valence-corrected chi connectivity index (χ1v) is 4.54. The molecule has 1 unspecified atom stereocenters. The summed E-state index contributed by atoms with van der Waals surface area (Å²) in [6, 6.07) is 0. The van der Waals surface area contributed by atoms with Gasteiger partial charge in [0.25, 0.3) is 0 Å². The summed E-state index contributed by atoms with van der Waals surface area (Å²) >= 11 is 0. The van der Waals surface area contributed by atoms with Crippen molar-refractivity contribution in [2.75, 3.05) is 6.67 Å². The Bertz CT molecular complexity index is 99.8. The van der Waals surface area contributed by atoms with Gasteiger partial charge in [-0.2, -0.15) is 0 Å². The number of carbonyl (C=O) groups excluding carboxylic acids is 1. The van der Waals surface area contributed by atoms with E-state index in [0.29, 0.717) is 10.5 Å². The molecule has 0 radical (unpaired) electrons. The zero-order valence-corrected chi connectivity index (χ0v) is 8.48. The van der Waals surface area contributed by atoms with Crippen molar-refractivity contribution in [3.05, 3.63) is 0 Å². The molecule has 0 aliphatic carbocycles. The minimum Gasteiger partial charge on any atom is -0.463 e. The highest BCUT2D eigenvalue weighted by molar-refractivity contribution is 6.71. The van der Waals surface area contributed by atoms with Crippen LogP contribution in [0.15, 0.2) is 0 Å². The summed E-state index contributed by atoms with van der Waals surface area (Å²) in [6.45, 7) is -1.21. The Labute approximate surface area is 57.1 Å². The van der Waals surface area contributed by atoms with Crippen LogP contribution in [0.3, 0.4) is 0 Å². The van der Waals surface area contributed by atoms with Crippen molar-refractivity contribution in [2.45, 2.75) is 6.17 Å². The molecule has 0 saturated carbocycles. The molecule has 0 bridgehead atoms. The Hall–Kier alpha value is -0.0762. The average Bonchev–Trinajstić information content (AvgIpc) is 1.87. The summed E-state index contributed by atoms with van der Waals surface area (Å²) in [6.07, 6.45) is -1.93. The lowest BCUT2D eigenvalue weighted by Crippen LogP contribution is -2.25. The van der Waals surface area contributed by atoms with Crippen LogP contribution in [-0.4, -0.2) is 38.5 Å². The number of alkyl halides is 2. The van der Waals surface area contributed by atoms with Gasteiger partial charge in [0.15, 0.2) is 11.6 Å². The predicted octanol–water partition coefficient (Wildman–Crippen LogP) is -1.80. The van der Waals surface area contributed by atoms with Gasteiger partial charge in [0.2, 0.25) is 9.76 Å². The molecule has 0 spiro atoms. The lowest BCUT2D eigenvalue weighted by atomic mass is 10.5. The molecular formula is C3H8F2O2Si2. The molecule has 9 heavy (non-hydrogen) atoms. The van der Waals surface area contributed by atoms with Crippen molar-refractivity contribution >= 4 is 25.7 Å². The van der Waals surface area contributed by atoms with Gasteiger partial charge in [-0.05, 0) is 0 Å². The van der Waals surface area contributed by atoms with Crippen LogP contribution in [0.4, 0.5) is 8.78 Å². The second-order valence-electron chi connectivity index (χ2n) is 1.52. The fraction of sp³-hybridized carbons (Fsp3) is 0.667. The zero-order valence-electron chi connectivity index (χ0n) is 5.06. The van der Waals surface area contributed by atoms with Gasteiger partial charge >= 0.3 is 0 Å². The first-order valence-electron chi connectivity index (χ1n) is 2.44. The summed E-state index contributed by atoms with van der Waals surface area (Å²) in [5, 5.41) is -0.674. The fourth-order valence-corrected chi connectivity index (χ4v) is 1.75. The molecule has 2 nitrogen and oxygen atoms in total. The summed E-state index contributed by atoms with van der Waals surface area (Å²) < 4.78 is 27.8. The first kappa shape index (κ1) is 8.92. The van der Waals surface area contributed by atoms with Crippen LogP contribution in [-0.2, 0) is 8.91 Å². The van der Waals surface area contributed by atoms with Gasteiger partial charge in [0, 0.05) is 0 Å². The molecule has 0 amide bonds.